The maximum absolute atomic E-state index is 11.1. The van der Waals surface area contributed by atoms with Gasteiger partial charge >= 0.3 is 10.3 Å². The molecule has 0 radical (unpaired) electrons. The Balaban J connectivity index is 3.10. The van der Waals surface area contributed by atoms with Gasteiger partial charge in [0.15, 0.2) is 0 Å². The predicted octanol–water partition coefficient (Wildman–Crippen LogP) is 0.0889. The van der Waals surface area contributed by atoms with Crippen LogP contribution in [0.4, 0.5) is 0 Å². The Labute approximate surface area is 80.0 Å². The summed E-state index contributed by atoms with van der Waals surface area (Å²) in [7, 11) is -4.57. The van der Waals surface area contributed by atoms with Crippen molar-refractivity contribution in [1.82, 2.24) is 4.31 Å². The second-order valence-electron chi connectivity index (χ2n) is 3.34. The number of nitrogens with zero attached hydrogens (tertiary/aromatic N) is 4. The fraction of sp³-hybridized carbons (Fsp3) is 0.800. The lowest BCUT2D eigenvalue weighted by atomic mass is 9.86. The molecule has 1 amide bonds. The van der Waals surface area contributed by atoms with E-state index in [9.17, 15) is 13.2 Å². The zero-order valence-corrected chi connectivity index (χ0v) is 8.26. The second kappa shape index (κ2) is 2.84. The molecule has 1 heterocycles. The molecule has 14 heavy (non-hydrogen) atoms. The molecular formula is C5H8N4O4S. The van der Waals surface area contributed by atoms with Crippen LogP contribution in [0.5, 0.6) is 0 Å². The summed E-state index contributed by atoms with van der Waals surface area (Å²) in [6.45, 7) is 2.75. The van der Waals surface area contributed by atoms with Crippen molar-refractivity contribution in [1.29, 1.82) is 0 Å². The van der Waals surface area contributed by atoms with Gasteiger partial charge in [0, 0.05) is 4.91 Å². The average molecular weight is 220 g/mol. The number of amides is 1. The lowest BCUT2D eigenvalue weighted by Gasteiger charge is -2.48. The van der Waals surface area contributed by atoms with E-state index < -0.39 is 27.8 Å². The SMILES string of the molecule is CC1(C)C(N=[N+]=[N-])C(=O)N1S(=O)(=O)O. The molecule has 0 aromatic carbocycles. The van der Waals surface area contributed by atoms with E-state index in [1.807, 2.05) is 0 Å². The van der Waals surface area contributed by atoms with Crippen LogP contribution in [0.15, 0.2) is 5.11 Å². The summed E-state index contributed by atoms with van der Waals surface area (Å²) in [6.07, 6.45) is 0. The Kier molecular flexibility index (Phi) is 2.18. The highest BCUT2D eigenvalue weighted by atomic mass is 32.2. The normalized spacial score (nSPS) is 25.2. The molecule has 1 unspecified atom stereocenters. The summed E-state index contributed by atoms with van der Waals surface area (Å²) in [6, 6.07) is -1.09. The Morgan fingerprint density at radius 1 is 1.64 bits per heavy atom. The van der Waals surface area contributed by atoms with Gasteiger partial charge in [-0.2, -0.15) is 8.42 Å². The average Bonchev–Trinajstić information content (AvgIpc) is 1.96. The highest BCUT2D eigenvalue weighted by molar-refractivity contribution is 7.84. The van der Waals surface area contributed by atoms with Gasteiger partial charge in [0.05, 0.1) is 5.54 Å². The van der Waals surface area contributed by atoms with E-state index in [2.05, 4.69) is 10.0 Å². The van der Waals surface area contributed by atoms with Crippen LogP contribution in [0.1, 0.15) is 13.8 Å². The Morgan fingerprint density at radius 2 is 2.14 bits per heavy atom. The Bertz CT molecular complexity index is 421. The van der Waals surface area contributed by atoms with Crippen molar-refractivity contribution in [3.8, 4) is 0 Å². The summed E-state index contributed by atoms with van der Waals surface area (Å²) in [5, 5.41) is 3.14. The van der Waals surface area contributed by atoms with Crippen molar-refractivity contribution < 1.29 is 17.8 Å². The molecule has 1 rings (SSSR count). The van der Waals surface area contributed by atoms with Gasteiger partial charge in [0.1, 0.15) is 6.04 Å². The first kappa shape index (κ1) is 10.8. The molecule has 8 nitrogen and oxygen atoms in total. The fourth-order valence-electron chi connectivity index (χ4n) is 1.40. The number of rotatable bonds is 2. The summed E-state index contributed by atoms with van der Waals surface area (Å²) in [4.78, 5) is 13.6. The number of β-lactam (4-membered cyclic amide) rings is 1. The molecular weight excluding hydrogens is 212 g/mol. The van der Waals surface area contributed by atoms with Crippen molar-refractivity contribution in [2.45, 2.75) is 25.4 Å². The van der Waals surface area contributed by atoms with E-state index in [0.29, 0.717) is 4.31 Å². The quantitative estimate of drug-likeness (QED) is 0.233. The molecule has 0 aromatic heterocycles. The zero-order valence-electron chi connectivity index (χ0n) is 7.45. The van der Waals surface area contributed by atoms with Gasteiger partial charge in [-0.05, 0) is 19.4 Å². The van der Waals surface area contributed by atoms with E-state index >= 15 is 0 Å². The van der Waals surface area contributed by atoms with Crippen LogP contribution < -0.4 is 0 Å². The van der Waals surface area contributed by atoms with Crippen LogP contribution in [0.25, 0.3) is 10.4 Å². The van der Waals surface area contributed by atoms with Crippen LogP contribution in [0.2, 0.25) is 0 Å². The standard InChI is InChI=1S/C5H8N4O4S/c1-5(2)3(7-8-6)4(10)9(5)14(11,12)13/h3H,1-2H3,(H,11,12,13). The van der Waals surface area contributed by atoms with Gasteiger partial charge in [0.2, 0.25) is 5.91 Å². The maximum Gasteiger partial charge on any atom is 0.362 e. The van der Waals surface area contributed by atoms with E-state index in [1.54, 1.807) is 0 Å². The third kappa shape index (κ3) is 1.31. The number of hydrogen-bond acceptors (Lipinski definition) is 4. The maximum atomic E-state index is 11.1. The molecule has 0 aromatic rings. The van der Waals surface area contributed by atoms with Crippen LogP contribution >= 0.6 is 0 Å². The van der Waals surface area contributed by atoms with E-state index in [0.717, 1.165) is 0 Å². The first-order valence-corrected chi connectivity index (χ1v) is 4.98. The lowest BCUT2D eigenvalue weighted by Crippen LogP contribution is -2.71. The third-order valence-electron chi connectivity index (χ3n) is 2.02. The minimum absolute atomic E-state index is 0.291. The van der Waals surface area contributed by atoms with Gasteiger partial charge < -0.3 is 0 Å². The summed E-state index contributed by atoms with van der Waals surface area (Å²) in [5.74, 6) is -0.921. The van der Waals surface area contributed by atoms with Crippen molar-refractivity contribution in [2.24, 2.45) is 5.11 Å². The fourth-order valence-corrected chi connectivity index (χ4v) is 2.42. The predicted molar refractivity (Wildman–Crippen MR) is 45.4 cm³/mol. The van der Waals surface area contributed by atoms with Crippen molar-refractivity contribution in [3.05, 3.63) is 10.4 Å². The first-order valence-electron chi connectivity index (χ1n) is 3.59. The molecule has 1 saturated heterocycles. The number of azide groups is 1. The van der Waals surface area contributed by atoms with Gasteiger partial charge in [0.25, 0.3) is 0 Å². The molecule has 1 atom stereocenters. The van der Waals surface area contributed by atoms with Crippen molar-refractivity contribution in [2.75, 3.05) is 0 Å². The van der Waals surface area contributed by atoms with E-state index in [1.165, 1.54) is 13.8 Å². The molecule has 1 aliphatic rings. The zero-order chi connectivity index (χ0) is 11.1. The van der Waals surface area contributed by atoms with Crippen LogP contribution in [-0.4, -0.2) is 34.8 Å². The summed E-state index contributed by atoms with van der Waals surface area (Å²) in [5.41, 5.74) is 6.90. The number of carbonyl (C=O) groups excluding carboxylic acids is 1. The summed E-state index contributed by atoms with van der Waals surface area (Å²) < 4.78 is 30.4. The van der Waals surface area contributed by atoms with Gasteiger partial charge in [-0.25, -0.2) is 4.31 Å². The van der Waals surface area contributed by atoms with Gasteiger partial charge in [-0.1, -0.05) is 5.11 Å². The highest BCUT2D eigenvalue weighted by Gasteiger charge is 2.58. The Morgan fingerprint density at radius 3 is 2.43 bits per heavy atom. The third-order valence-corrected chi connectivity index (χ3v) is 3.14. The largest absolute Gasteiger partial charge is 0.362 e. The first-order chi connectivity index (χ1) is 6.23. The minimum atomic E-state index is -4.57. The second-order valence-corrected chi connectivity index (χ2v) is 4.60. The molecule has 0 aliphatic carbocycles. The van der Waals surface area contributed by atoms with Gasteiger partial charge in [-0.3, -0.25) is 9.35 Å². The van der Waals surface area contributed by atoms with Gasteiger partial charge in [-0.15, -0.1) is 0 Å². The van der Waals surface area contributed by atoms with Crippen LogP contribution in [0, 0.1) is 0 Å². The molecule has 78 valence electrons. The molecule has 0 spiro atoms. The monoisotopic (exact) mass is 220 g/mol. The minimum Gasteiger partial charge on any atom is -0.273 e. The lowest BCUT2D eigenvalue weighted by molar-refractivity contribution is -0.146. The number of carbonyl (C=O) groups is 1. The highest BCUT2D eigenvalue weighted by Crippen LogP contribution is 2.36. The molecule has 0 bridgehead atoms. The molecule has 1 aliphatic heterocycles. The number of hydrogen-bond donors (Lipinski definition) is 1. The molecule has 0 saturated carbocycles. The topological polar surface area (TPSA) is 123 Å². The molecule has 9 heteroatoms. The molecule has 1 fully saturated rings. The Hall–Kier alpha value is -1.31. The summed E-state index contributed by atoms with van der Waals surface area (Å²) >= 11 is 0. The van der Waals surface area contributed by atoms with Crippen molar-refractivity contribution >= 4 is 16.2 Å². The van der Waals surface area contributed by atoms with E-state index in [4.69, 9.17) is 10.1 Å². The van der Waals surface area contributed by atoms with Crippen molar-refractivity contribution in [3.63, 3.8) is 0 Å². The van der Waals surface area contributed by atoms with E-state index in [-0.39, 0.29) is 0 Å². The van der Waals surface area contributed by atoms with Crippen LogP contribution in [-0.2, 0) is 15.1 Å². The van der Waals surface area contributed by atoms with Crippen LogP contribution in [0.3, 0.4) is 0 Å². The molecule has 1 N–H and O–H groups in total. The smallest absolute Gasteiger partial charge is 0.273 e.